The van der Waals surface area contributed by atoms with E-state index in [2.05, 4.69) is 15.1 Å². The van der Waals surface area contributed by atoms with Gasteiger partial charge >= 0.3 is 0 Å². The molecule has 0 spiro atoms. The van der Waals surface area contributed by atoms with Gasteiger partial charge in [-0.05, 0) is 31.4 Å². The Hall–Kier alpha value is -1.75. The van der Waals surface area contributed by atoms with E-state index in [4.69, 9.17) is 0 Å². The fourth-order valence-corrected chi connectivity index (χ4v) is 1.40. The number of aromatic nitrogens is 4. The first-order chi connectivity index (χ1) is 7.75. The number of rotatable bonds is 4. The van der Waals surface area contributed by atoms with Gasteiger partial charge in [0.2, 0.25) is 0 Å². The molecule has 2 aromatic rings. The third-order valence-corrected chi connectivity index (χ3v) is 2.31. The summed E-state index contributed by atoms with van der Waals surface area (Å²) in [6, 6.07) is 3.89. The lowest BCUT2D eigenvalue weighted by Gasteiger charge is -2.04. The average molecular weight is 218 g/mol. The highest BCUT2D eigenvalue weighted by Gasteiger charge is 2.01. The van der Waals surface area contributed by atoms with Crippen LogP contribution in [0.15, 0.2) is 31.0 Å². The molecule has 0 amide bonds. The molecule has 2 heterocycles. The van der Waals surface area contributed by atoms with Crippen LogP contribution in [-0.2, 0) is 6.42 Å². The Morgan fingerprint density at radius 2 is 2.31 bits per heavy atom. The van der Waals surface area contributed by atoms with E-state index in [1.54, 1.807) is 24.1 Å². The highest BCUT2D eigenvalue weighted by Crippen LogP contribution is 2.07. The van der Waals surface area contributed by atoms with Crippen LogP contribution in [-0.4, -0.2) is 31.0 Å². The van der Waals surface area contributed by atoms with Gasteiger partial charge in [-0.1, -0.05) is 6.07 Å². The first-order valence-corrected chi connectivity index (χ1v) is 5.23. The molecule has 0 aliphatic carbocycles. The number of aliphatic hydroxyl groups is 1. The van der Waals surface area contributed by atoms with Crippen LogP contribution in [0.25, 0.3) is 5.82 Å². The molecular formula is C11H14N4O. The zero-order chi connectivity index (χ0) is 11.4. The molecule has 1 N–H and O–H groups in total. The van der Waals surface area contributed by atoms with Gasteiger partial charge in [-0.3, -0.25) is 0 Å². The van der Waals surface area contributed by atoms with E-state index >= 15 is 0 Å². The molecule has 1 atom stereocenters. The van der Waals surface area contributed by atoms with Gasteiger partial charge in [0.25, 0.3) is 0 Å². The first kappa shape index (κ1) is 10.8. The first-order valence-electron chi connectivity index (χ1n) is 5.23. The predicted molar refractivity (Wildman–Crippen MR) is 59.2 cm³/mol. The molecule has 84 valence electrons. The lowest BCUT2D eigenvalue weighted by Crippen LogP contribution is -2.02. The van der Waals surface area contributed by atoms with E-state index in [9.17, 15) is 5.11 Å². The number of hydrogen-bond donors (Lipinski definition) is 1. The number of aryl methyl sites for hydroxylation is 1. The summed E-state index contributed by atoms with van der Waals surface area (Å²) in [5, 5.41) is 13.2. The van der Waals surface area contributed by atoms with Crippen LogP contribution in [0, 0.1) is 0 Å². The van der Waals surface area contributed by atoms with E-state index in [1.807, 2.05) is 12.1 Å². The number of pyridine rings is 1. The van der Waals surface area contributed by atoms with Gasteiger partial charge in [0.1, 0.15) is 12.7 Å². The van der Waals surface area contributed by atoms with Crippen molar-refractivity contribution >= 4 is 0 Å². The molecule has 0 unspecified atom stereocenters. The molecule has 0 saturated heterocycles. The van der Waals surface area contributed by atoms with Gasteiger partial charge in [0, 0.05) is 6.20 Å². The van der Waals surface area contributed by atoms with Gasteiger partial charge in [0.05, 0.1) is 6.10 Å². The molecule has 2 rings (SSSR count). The highest BCUT2D eigenvalue weighted by molar-refractivity contribution is 5.23. The Morgan fingerprint density at radius 3 is 2.88 bits per heavy atom. The number of hydrogen-bond acceptors (Lipinski definition) is 4. The normalized spacial score (nSPS) is 12.6. The number of nitrogens with zero attached hydrogens (tertiary/aromatic N) is 4. The smallest absolute Gasteiger partial charge is 0.155 e. The second-order valence-electron chi connectivity index (χ2n) is 3.75. The Bertz CT molecular complexity index is 422. The summed E-state index contributed by atoms with van der Waals surface area (Å²) >= 11 is 0. The van der Waals surface area contributed by atoms with Gasteiger partial charge in [-0.15, -0.1) is 0 Å². The summed E-state index contributed by atoms with van der Waals surface area (Å²) in [5.41, 5.74) is 1.12. The van der Waals surface area contributed by atoms with E-state index in [0.29, 0.717) is 0 Å². The molecule has 0 radical (unpaired) electrons. The van der Waals surface area contributed by atoms with Crippen LogP contribution in [0.4, 0.5) is 0 Å². The van der Waals surface area contributed by atoms with Crippen molar-refractivity contribution in [2.24, 2.45) is 0 Å². The van der Waals surface area contributed by atoms with Crippen molar-refractivity contribution in [1.29, 1.82) is 0 Å². The highest BCUT2D eigenvalue weighted by atomic mass is 16.3. The molecule has 0 aromatic carbocycles. The third kappa shape index (κ3) is 2.64. The fourth-order valence-electron chi connectivity index (χ4n) is 1.40. The van der Waals surface area contributed by atoms with Gasteiger partial charge in [-0.2, -0.15) is 5.10 Å². The lowest BCUT2D eigenvalue weighted by atomic mass is 10.1. The standard InChI is InChI=1S/C11H14N4O/c1-9(16)2-3-10-4-5-11(13-6-10)15-8-12-7-14-15/h4-9,16H,2-3H2,1H3/t9-/m0/s1. The molecule has 0 aliphatic rings. The third-order valence-electron chi connectivity index (χ3n) is 2.31. The second kappa shape index (κ2) is 4.85. The summed E-state index contributed by atoms with van der Waals surface area (Å²) in [5.74, 6) is 0.748. The number of aliphatic hydroxyl groups excluding tert-OH is 1. The summed E-state index contributed by atoms with van der Waals surface area (Å²) in [4.78, 5) is 8.14. The van der Waals surface area contributed by atoms with Crippen molar-refractivity contribution < 1.29 is 5.11 Å². The topological polar surface area (TPSA) is 63.8 Å². The largest absolute Gasteiger partial charge is 0.393 e. The van der Waals surface area contributed by atoms with Crippen LogP contribution in [0.1, 0.15) is 18.9 Å². The minimum atomic E-state index is -0.269. The molecule has 0 saturated carbocycles. The molecule has 0 bridgehead atoms. The second-order valence-corrected chi connectivity index (χ2v) is 3.75. The van der Waals surface area contributed by atoms with Crippen molar-refractivity contribution in [2.45, 2.75) is 25.9 Å². The monoisotopic (exact) mass is 218 g/mol. The van der Waals surface area contributed by atoms with Crippen LogP contribution < -0.4 is 0 Å². The van der Waals surface area contributed by atoms with Crippen LogP contribution >= 0.6 is 0 Å². The van der Waals surface area contributed by atoms with Gasteiger partial charge in [0.15, 0.2) is 5.82 Å². The maximum atomic E-state index is 9.18. The Morgan fingerprint density at radius 1 is 1.44 bits per heavy atom. The van der Waals surface area contributed by atoms with Gasteiger partial charge < -0.3 is 5.11 Å². The molecular weight excluding hydrogens is 204 g/mol. The maximum absolute atomic E-state index is 9.18. The lowest BCUT2D eigenvalue weighted by molar-refractivity contribution is 0.185. The van der Waals surface area contributed by atoms with E-state index in [1.165, 1.54) is 6.33 Å². The van der Waals surface area contributed by atoms with Crippen molar-refractivity contribution in [3.8, 4) is 5.82 Å². The summed E-state index contributed by atoms with van der Waals surface area (Å²) in [7, 11) is 0. The summed E-state index contributed by atoms with van der Waals surface area (Å²) in [6.45, 7) is 1.79. The van der Waals surface area contributed by atoms with Gasteiger partial charge in [-0.25, -0.2) is 14.6 Å². The van der Waals surface area contributed by atoms with E-state index in [-0.39, 0.29) is 6.10 Å². The predicted octanol–water partition coefficient (Wildman–Crippen LogP) is 0.976. The average Bonchev–Trinajstić information content (AvgIpc) is 2.80. The SMILES string of the molecule is C[C@H](O)CCc1ccc(-n2cncn2)nc1. The van der Waals surface area contributed by atoms with Crippen molar-refractivity contribution in [3.63, 3.8) is 0 Å². The van der Waals surface area contributed by atoms with Crippen molar-refractivity contribution in [3.05, 3.63) is 36.5 Å². The molecule has 2 aromatic heterocycles. The molecule has 5 heteroatoms. The zero-order valence-electron chi connectivity index (χ0n) is 9.11. The molecule has 0 fully saturated rings. The van der Waals surface area contributed by atoms with Crippen LogP contribution in [0.2, 0.25) is 0 Å². The Kier molecular flexibility index (Phi) is 3.26. The summed E-state index contributed by atoms with van der Waals surface area (Å²) in [6.07, 6.45) is 6.21. The molecule has 5 nitrogen and oxygen atoms in total. The minimum absolute atomic E-state index is 0.269. The quantitative estimate of drug-likeness (QED) is 0.830. The van der Waals surface area contributed by atoms with Crippen LogP contribution in [0.5, 0.6) is 0 Å². The maximum Gasteiger partial charge on any atom is 0.155 e. The van der Waals surface area contributed by atoms with Crippen molar-refractivity contribution in [1.82, 2.24) is 19.7 Å². The fraction of sp³-hybridized carbons (Fsp3) is 0.364. The van der Waals surface area contributed by atoms with E-state index in [0.717, 1.165) is 24.2 Å². The summed E-state index contributed by atoms with van der Waals surface area (Å²) < 4.78 is 1.61. The minimum Gasteiger partial charge on any atom is -0.393 e. The van der Waals surface area contributed by atoms with Crippen LogP contribution in [0.3, 0.4) is 0 Å². The Labute approximate surface area is 93.8 Å². The van der Waals surface area contributed by atoms with Crippen molar-refractivity contribution in [2.75, 3.05) is 0 Å². The van der Waals surface area contributed by atoms with E-state index < -0.39 is 0 Å². The zero-order valence-corrected chi connectivity index (χ0v) is 9.11. The molecule has 0 aliphatic heterocycles. The molecule has 16 heavy (non-hydrogen) atoms. The Balaban J connectivity index is 2.05.